The van der Waals surface area contributed by atoms with Crippen molar-refractivity contribution in [2.75, 3.05) is 0 Å². The molecule has 5 heteroatoms. The van der Waals surface area contributed by atoms with Crippen LogP contribution in [0.2, 0.25) is 0 Å². The number of fused-ring (bicyclic) bond motifs is 6. The molecule has 2 heterocycles. The first-order valence-corrected chi connectivity index (χ1v) is 9.59. The van der Waals surface area contributed by atoms with E-state index in [0.717, 1.165) is 16.9 Å². The minimum Gasteiger partial charge on any atom is -0.508 e. The van der Waals surface area contributed by atoms with Gasteiger partial charge in [-0.05, 0) is 54.7 Å². The van der Waals surface area contributed by atoms with E-state index in [9.17, 15) is 9.90 Å². The van der Waals surface area contributed by atoms with Crippen LogP contribution in [0.1, 0.15) is 35.6 Å². The van der Waals surface area contributed by atoms with Gasteiger partial charge in [-0.2, -0.15) is 0 Å². The fourth-order valence-corrected chi connectivity index (χ4v) is 7.80. The Morgan fingerprint density at radius 2 is 1.91 bits per heavy atom. The van der Waals surface area contributed by atoms with Crippen molar-refractivity contribution in [2.45, 2.75) is 35.5 Å². The molecule has 114 valence electrons. The number of aromatic hydroxyl groups is 1. The first-order chi connectivity index (χ1) is 10.7. The average Bonchev–Trinajstić information content (AvgIpc) is 3.19. The lowest BCUT2D eigenvalue weighted by Crippen LogP contribution is -2.33. The van der Waals surface area contributed by atoms with Crippen LogP contribution in [0.3, 0.4) is 0 Å². The van der Waals surface area contributed by atoms with Crippen molar-refractivity contribution in [3.05, 3.63) is 44.4 Å². The van der Waals surface area contributed by atoms with Crippen LogP contribution in [-0.2, 0) is 0 Å². The third kappa shape index (κ3) is 1.78. The van der Waals surface area contributed by atoms with E-state index >= 15 is 0 Å². The van der Waals surface area contributed by atoms with Crippen LogP contribution < -0.4 is 4.87 Å². The fourth-order valence-electron chi connectivity index (χ4n) is 4.90. The number of H-pyrrole nitrogens is 1. The van der Waals surface area contributed by atoms with Gasteiger partial charge >= 0.3 is 4.87 Å². The first-order valence-electron chi connectivity index (χ1n) is 7.89. The molecule has 3 aliphatic rings. The summed E-state index contributed by atoms with van der Waals surface area (Å²) in [5.41, 5.74) is 1.25. The third-order valence-electron chi connectivity index (χ3n) is 5.72. The molecule has 0 saturated heterocycles. The van der Waals surface area contributed by atoms with Crippen LogP contribution in [-0.4, -0.2) is 15.3 Å². The summed E-state index contributed by atoms with van der Waals surface area (Å²) in [7, 11) is 0. The van der Waals surface area contributed by atoms with E-state index in [-0.39, 0.29) is 4.87 Å². The predicted octanol–water partition coefficient (Wildman–Crippen LogP) is 3.79. The quantitative estimate of drug-likeness (QED) is 0.836. The lowest BCUT2D eigenvalue weighted by Gasteiger charge is -2.40. The zero-order valence-electron chi connectivity index (χ0n) is 12.0. The number of hydrogen-bond acceptors (Lipinski definition) is 4. The molecule has 0 unspecified atom stereocenters. The van der Waals surface area contributed by atoms with Gasteiger partial charge in [0.25, 0.3) is 0 Å². The Labute approximate surface area is 136 Å². The van der Waals surface area contributed by atoms with Gasteiger partial charge in [0.15, 0.2) is 0 Å². The van der Waals surface area contributed by atoms with Crippen molar-refractivity contribution >= 4 is 23.1 Å². The van der Waals surface area contributed by atoms with Crippen molar-refractivity contribution in [1.82, 2.24) is 4.98 Å². The van der Waals surface area contributed by atoms with Crippen LogP contribution in [0.25, 0.3) is 0 Å². The lowest BCUT2D eigenvalue weighted by atomic mass is 9.75. The van der Waals surface area contributed by atoms with E-state index in [1.165, 1.54) is 41.0 Å². The maximum Gasteiger partial charge on any atom is 0.305 e. The lowest BCUT2D eigenvalue weighted by molar-refractivity contribution is 0.307. The Kier molecular flexibility index (Phi) is 2.80. The summed E-state index contributed by atoms with van der Waals surface area (Å²) in [4.78, 5) is 16.2. The second-order valence-electron chi connectivity index (χ2n) is 6.77. The summed E-state index contributed by atoms with van der Waals surface area (Å²) >= 11 is 3.30. The molecule has 2 N–H and O–H groups in total. The zero-order valence-corrected chi connectivity index (χ0v) is 13.6. The summed E-state index contributed by atoms with van der Waals surface area (Å²) in [5, 5.41) is 11.3. The minimum absolute atomic E-state index is 0.0635. The molecule has 2 fully saturated rings. The van der Waals surface area contributed by atoms with Crippen molar-refractivity contribution in [2.24, 2.45) is 17.8 Å². The SMILES string of the molecule is O=c1[nH]c2c(s1)[C@@H](c1ccc(O)cc1)[C@@H]1[C@@H]3CC[C@@H](C3)[C@@H]1S2. The Hall–Kier alpha value is -1.20. The van der Waals surface area contributed by atoms with Crippen LogP contribution in [0.4, 0.5) is 0 Å². The van der Waals surface area contributed by atoms with Gasteiger partial charge in [0.05, 0.1) is 5.03 Å². The summed E-state index contributed by atoms with van der Waals surface area (Å²) in [6, 6.07) is 7.61. The number of rotatable bonds is 1. The Morgan fingerprint density at radius 1 is 1.14 bits per heavy atom. The highest BCUT2D eigenvalue weighted by molar-refractivity contribution is 8.00. The minimum atomic E-state index is 0.0635. The average molecular weight is 331 g/mol. The van der Waals surface area contributed by atoms with E-state index in [1.807, 2.05) is 23.9 Å². The Balaban J connectivity index is 1.68. The van der Waals surface area contributed by atoms with Gasteiger partial charge in [-0.1, -0.05) is 23.5 Å². The molecule has 3 nitrogen and oxygen atoms in total. The molecule has 2 aliphatic carbocycles. The molecule has 0 amide bonds. The number of aromatic nitrogens is 1. The topological polar surface area (TPSA) is 53.1 Å². The van der Waals surface area contributed by atoms with Gasteiger partial charge in [0.2, 0.25) is 0 Å². The predicted molar refractivity (Wildman–Crippen MR) is 88.9 cm³/mol. The van der Waals surface area contributed by atoms with Gasteiger partial charge in [-0.3, -0.25) is 4.79 Å². The normalized spacial score (nSPS) is 35.4. The number of thioether (sulfide) groups is 1. The molecule has 0 spiro atoms. The monoisotopic (exact) mass is 331 g/mol. The highest BCUT2D eigenvalue weighted by atomic mass is 32.2. The molecule has 2 saturated carbocycles. The molecule has 5 atom stereocenters. The van der Waals surface area contributed by atoms with E-state index in [4.69, 9.17) is 0 Å². The molecule has 2 bridgehead atoms. The maximum absolute atomic E-state index is 11.9. The highest BCUT2D eigenvalue weighted by Gasteiger charge is 2.54. The van der Waals surface area contributed by atoms with Gasteiger partial charge in [0, 0.05) is 16.0 Å². The maximum atomic E-state index is 11.9. The second-order valence-corrected chi connectivity index (χ2v) is 8.97. The number of thiazole rings is 1. The van der Waals surface area contributed by atoms with Crippen LogP contribution >= 0.6 is 23.1 Å². The van der Waals surface area contributed by atoms with Crippen molar-refractivity contribution < 1.29 is 5.11 Å². The standard InChI is InChI=1S/C17H17NO2S2/c19-11-5-3-8(4-6-11)12-13-9-1-2-10(7-9)14(13)21-16-15(12)22-17(20)18-16/h3-6,9-10,12-14,19H,1-2,7H2,(H,18,20)/t9-,10+,12+,13+,14+/m1/s1. The number of nitrogens with one attached hydrogen (secondary N) is 1. The largest absolute Gasteiger partial charge is 0.508 e. The van der Waals surface area contributed by atoms with Crippen LogP contribution in [0.15, 0.2) is 34.1 Å². The molecule has 1 aromatic carbocycles. The third-order valence-corrected chi connectivity index (χ3v) is 8.34. The van der Waals surface area contributed by atoms with Gasteiger partial charge in [-0.25, -0.2) is 0 Å². The van der Waals surface area contributed by atoms with Crippen LogP contribution in [0.5, 0.6) is 5.75 Å². The van der Waals surface area contributed by atoms with E-state index < -0.39 is 0 Å². The molecule has 1 aromatic heterocycles. The van der Waals surface area contributed by atoms with E-state index in [2.05, 4.69) is 4.98 Å². The fraction of sp³-hybridized carbons (Fsp3) is 0.471. The number of aromatic amines is 1. The highest BCUT2D eigenvalue weighted by Crippen LogP contribution is 2.63. The van der Waals surface area contributed by atoms with Crippen molar-refractivity contribution in [3.8, 4) is 5.75 Å². The number of phenolic OH excluding ortho intramolecular Hbond substituents is 1. The smallest absolute Gasteiger partial charge is 0.305 e. The van der Waals surface area contributed by atoms with Crippen LogP contribution in [0, 0.1) is 17.8 Å². The summed E-state index contributed by atoms with van der Waals surface area (Å²) in [5.74, 6) is 2.89. The van der Waals surface area contributed by atoms with Crippen molar-refractivity contribution in [1.29, 1.82) is 0 Å². The molecule has 2 aromatic rings. The molecular weight excluding hydrogens is 314 g/mol. The Bertz CT molecular complexity index is 779. The van der Waals surface area contributed by atoms with Gasteiger partial charge in [-0.15, -0.1) is 11.8 Å². The van der Waals surface area contributed by atoms with Crippen molar-refractivity contribution in [3.63, 3.8) is 0 Å². The number of phenols is 1. The zero-order chi connectivity index (χ0) is 14.8. The van der Waals surface area contributed by atoms with Gasteiger partial charge in [0.1, 0.15) is 5.75 Å². The second kappa shape index (κ2) is 4.65. The molecule has 22 heavy (non-hydrogen) atoms. The number of hydrogen-bond donors (Lipinski definition) is 2. The molecule has 1 aliphatic heterocycles. The molecule has 5 rings (SSSR count). The molecule has 0 radical (unpaired) electrons. The summed E-state index contributed by atoms with van der Waals surface area (Å²) in [6.45, 7) is 0. The van der Waals surface area contributed by atoms with E-state index in [0.29, 0.717) is 22.8 Å². The number of benzene rings is 1. The summed E-state index contributed by atoms with van der Waals surface area (Å²) < 4.78 is 0. The first kappa shape index (κ1) is 13.3. The van der Waals surface area contributed by atoms with Gasteiger partial charge < -0.3 is 10.1 Å². The molecular formula is C17H17NO2S2. The summed E-state index contributed by atoms with van der Waals surface area (Å²) in [6.07, 6.45) is 4.05. The Morgan fingerprint density at radius 3 is 2.73 bits per heavy atom. The van der Waals surface area contributed by atoms with E-state index in [1.54, 1.807) is 12.1 Å².